The molecule has 1 aliphatic carbocycles. The van der Waals surface area contributed by atoms with Gasteiger partial charge in [0.1, 0.15) is 0 Å². The van der Waals surface area contributed by atoms with Gasteiger partial charge in [-0.2, -0.15) is 0 Å². The van der Waals surface area contributed by atoms with Crippen molar-refractivity contribution >= 4 is 52.2 Å². The van der Waals surface area contributed by atoms with E-state index in [4.69, 9.17) is 0 Å². The van der Waals surface area contributed by atoms with Gasteiger partial charge in [0.15, 0.2) is 0 Å². The molecule has 0 aromatic carbocycles. The van der Waals surface area contributed by atoms with Crippen molar-refractivity contribution in [3.8, 4) is 0 Å². The average Bonchev–Trinajstić information content (AvgIpc) is 2.66. The quantitative estimate of drug-likeness (QED) is 0.779. The van der Waals surface area contributed by atoms with Crippen LogP contribution in [0.25, 0.3) is 0 Å². The van der Waals surface area contributed by atoms with Crippen LogP contribution in [0.3, 0.4) is 0 Å². The number of carbonyl (C=O) groups excluding carboxylic acids is 1. The molecule has 16 heavy (non-hydrogen) atoms. The van der Waals surface area contributed by atoms with Crippen LogP contribution in [0.5, 0.6) is 0 Å². The van der Waals surface area contributed by atoms with Crippen LogP contribution in [0.1, 0.15) is 10.4 Å². The van der Waals surface area contributed by atoms with E-state index in [-0.39, 0.29) is 18.3 Å². The van der Waals surface area contributed by atoms with Crippen molar-refractivity contribution in [3.63, 3.8) is 0 Å². The smallest absolute Gasteiger partial charge is 0.252 e. The Kier molecular flexibility index (Phi) is 3.78. The summed E-state index contributed by atoms with van der Waals surface area (Å²) in [5.74, 6) is 1.46. The highest BCUT2D eigenvalue weighted by atomic mass is 127. The van der Waals surface area contributed by atoms with Gasteiger partial charge in [-0.25, -0.2) is 0 Å². The molecular formula is C10H12ClIN2OS. The second-order valence-corrected chi connectivity index (χ2v) is 6.93. The van der Waals surface area contributed by atoms with Gasteiger partial charge in [0.25, 0.3) is 5.91 Å². The van der Waals surface area contributed by atoms with Crippen molar-refractivity contribution in [2.45, 2.75) is 6.04 Å². The lowest BCUT2D eigenvalue weighted by atomic mass is 10.3. The van der Waals surface area contributed by atoms with Gasteiger partial charge in [0, 0.05) is 24.5 Å². The van der Waals surface area contributed by atoms with Gasteiger partial charge in [-0.15, -0.1) is 23.7 Å². The summed E-state index contributed by atoms with van der Waals surface area (Å²) < 4.78 is 1.16. The van der Waals surface area contributed by atoms with E-state index >= 15 is 0 Å². The Morgan fingerprint density at radius 3 is 2.75 bits per heavy atom. The zero-order chi connectivity index (χ0) is 10.4. The molecule has 0 radical (unpaired) electrons. The van der Waals surface area contributed by atoms with E-state index in [1.807, 2.05) is 11.4 Å². The highest BCUT2D eigenvalue weighted by Gasteiger charge is 2.53. The van der Waals surface area contributed by atoms with E-state index in [2.05, 4.69) is 33.2 Å². The molecule has 0 spiro atoms. The second-order valence-electron chi connectivity index (χ2n) is 4.12. The monoisotopic (exact) mass is 370 g/mol. The van der Waals surface area contributed by atoms with E-state index in [0.29, 0.717) is 17.9 Å². The maximum Gasteiger partial charge on any atom is 0.252 e. The van der Waals surface area contributed by atoms with Gasteiger partial charge in [-0.05, 0) is 40.5 Å². The Morgan fingerprint density at radius 2 is 2.19 bits per heavy atom. The number of rotatable bonds is 2. The van der Waals surface area contributed by atoms with Crippen molar-refractivity contribution in [1.29, 1.82) is 0 Å². The van der Waals surface area contributed by atoms with Crippen molar-refractivity contribution in [2.24, 2.45) is 11.8 Å². The predicted octanol–water partition coefficient (Wildman–Crippen LogP) is 1.72. The second kappa shape index (κ2) is 4.80. The fraction of sp³-hybridized carbons (Fsp3) is 0.500. The molecule has 1 saturated carbocycles. The molecule has 3 rings (SSSR count). The molecule has 1 aromatic heterocycles. The summed E-state index contributed by atoms with van der Waals surface area (Å²) in [5.41, 5.74) is 0.808. The molecule has 1 saturated heterocycles. The lowest BCUT2D eigenvalue weighted by Crippen LogP contribution is -2.32. The minimum absolute atomic E-state index is 0. The first-order valence-electron chi connectivity index (χ1n) is 5.01. The van der Waals surface area contributed by atoms with Crippen LogP contribution < -0.4 is 10.6 Å². The van der Waals surface area contributed by atoms with Crippen LogP contribution in [0.2, 0.25) is 0 Å². The molecule has 1 aliphatic heterocycles. The summed E-state index contributed by atoms with van der Waals surface area (Å²) >= 11 is 3.85. The fourth-order valence-corrected chi connectivity index (χ4v) is 3.62. The molecule has 2 unspecified atom stereocenters. The van der Waals surface area contributed by atoms with Crippen LogP contribution in [0.4, 0.5) is 0 Å². The maximum absolute atomic E-state index is 11.8. The Morgan fingerprint density at radius 1 is 1.50 bits per heavy atom. The number of piperidine rings is 1. The molecule has 88 valence electrons. The van der Waals surface area contributed by atoms with Gasteiger partial charge in [0.05, 0.1) is 8.45 Å². The summed E-state index contributed by atoms with van der Waals surface area (Å²) in [4.78, 5) is 11.8. The Balaban J connectivity index is 0.000000963. The zero-order valence-corrected chi connectivity index (χ0v) is 12.2. The van der Waals surface area contributed by atoms with Crippen LogP contribution in [-0.4, -0.2) is 25.0 Å². The molecule has 1 amide bonds. The third kappa shape index (κ3) is 2.23. The highest BCUT2D eigenvalue weighted by molar-refractivity contribution is 14.1. The highest BCUT2D eigenvalue weighted by Crippen LogP contribution is 2.41. The van der Waals surface area contributed by atoms with E-state index in [0.717, 1.165) is 21.5 Å². The van der Waals surface area contributed by atoms with Gasteiger partial charge >= 0.3 is 0 Å². The number of carbonyl (C=O) groups is 1. The van der Waals surface area contributed by atoms with Crippen molar-refractivity contribution in [2.75, 3.05) is 13.1 Å². The van der Waals surface area contributed by atoms with E-state index < -0.39 is 0 Å². The molecule has 2 atom stereocenters. The van der Waals surface area contributed by atoms with Crippen molar-refractivity contribution in [1.82, 2.24) is 10.6 Å². The molecule has 1 aromatic rings. The Labute approximate surface area is 118 Å². The minimum atomic E-state index is 0. The number of amides is 1. The first-order valence-corrected chi connectivity index (χ1v) is 6.97. The molecular weight excluding hydrogens is 359 g/mol. The van der Waals surface area contributed by atoms with Crippen LogP contribution in [-0.2, 0) is 0 Å². The third-order valence-corrected chi connectivity index (χ3v) is 5.01. The van der Waals surface area contributed by atoms with Crippen molar-refractivity contribution in [3.05, 3.63) is 19.9 Å². The normalized spacial score (nSPS) is 30.4. The average molecular weight is 371 g/mol. The first kappa shape index (κ1) is 12.6. The molecule has 2 aliphatic rings. The van der Waals surface area contributed by atoms with Gasteiger partial charge < -0.3 is 10.6 Å². The predicted molar refractivity (Wildman–Crippen MR) is 75.4 cm³/mol. The first-order chi connectivity index (χ1) is 7.25. The molecule has 0 bridgehead atoms. The Hall–Kier alpha value is 0.150. The van der Waals surface area contributed by atoms with Crippen LogP contribution in [0.15, 0.2) is 11.4 Å². The van der Waals surface area contributed by atoms with Gasteiger partial charge in [0.2, 0.25) is 0 Å². The fourth-order valence-electron chi connectivity index (χ4n) is 2.30. The number of thiophene rings is 1. The summed E-state index contributed by atoms with van der Waals surface area (Å²) in [7, 11) is 0. The number of halogens is 2. The van der Waals surface area contributed by atoms with Gasteiger partial charge in [-0.1, -0.05) is 0 Å². The maximum atomic E-state index is 11.8. The van der Waals surface area contributed by atoms with E-state index in [1.165, 1.54) is 0 Å². The molecule has 3 nitrogen and oxygen atoms in total. The lowest BCUT2D eigenvalue weighted by Gasteiger charge is -2.06. The van der Waals surface area contributed by atoms with Crippen LogP contribution >= 0.6 is 46.3 Å². The SMILES string of the molecule is Cl.O=C(NC1C2CNCC21)c1csc(I)c1. The van der Waals surface area contributed by atoms with E-state index in [9.17, 15) is 4.79 Å². The molecule has 2 heterocycles. The number of hydrogen-bond acceptors (Lipinski definition) is 3. The number of hydrogen-bond donors (Lipinski definition) is 2. The van der Waals surface area contributed by atoms with E-state index in [1.54, 1.807) is 11.3 Å². The summed E-state index contributed by atoms with van der Waals surface area (Å²) in [6, 6.07) is 2.37. The standard InChI is InChI=1S/C10H11IN2OS.ClH/c11-8-1-5(4-15-8)10(14)13-9-6-2-12-3-7(6)9;/h1,4,6-7,9,12H,2-3H2,(H,13,14);1H. The number of fused-ring (bicyclic) bond motifs is 1. The number of nitrogens with one attached hydrogen (secondary N) is 2. The van der Waals surface area contributed by atoms with Gasteiger partial charge in [-0.3, -0.25) is 4.79 Å². The summed E-state index contributed by atoms with van der Waals surface area (Å²) in [6.45, 7) is 2.13. The zero-order valence-electron chi connectivity index (χ0n) is 8.40. The molecule has 2 N–H and O–H groups in total. The third-order valence-electron chi connectivity index (χ3n) is 3.22. The molecule has 2 fully saturated rings. The van der Waals surface area contributed by atoms with Crippen molar-refractivity contribution < 1.29 is 4.79 Å². The molecule has 6 heteroatoms. The summed E-state index contributed by atoms with van der Waals surface area (Å²) in [6.07, 6.45) is 0. The topological polar surface area (TPSA) is 41.1 Å². The minimum Gasteiger partial charge on any atom is -0.349 e. The summed E-state index contributed by atoms with van der Waals surface area (Å²) in [5, 5.41) is 8.35. The lowest BCUT2D eigenvalue weighted by molar-refractivity contribution is 0.0947. The van der Waals surface area contributed by atoms with Crippen LogP contribution in [0, 0.1) is 14.7 Å². The Bertz CT molecular complexity index is 401. The largest absolute Gasteiger partial charge is 0.349 e.